The van der Waals surface area contributed by atoms with Crippen LogP contribution in [0.1, 0.15) is 68.4 Å². The number of ether oxygens (including phenoxy) is 2. The minimum atomic E-state index is -0.367. The van der Waals surface area contributed by atoms with Gasteiger partial charge in [-0.15, -0.1) is 0 Å². The summed E-state index contributed by atoms with van der Waals surface area (Å²) in [5.41, 5.74) is 11.5. The molecule has 0 aromatic heterocycles. The van der Waals surface area contributed by atoms with Gasteiger partial charge in [-0.3, -0.25) is 0 Å². The monoisotopic (exact) mass is 502 g/mol. The van der Waals surface area contributed by atoms with Crippen molar-refractivity contribution in [2.24, 2.45) is 11.8 Å². The van der Waals surface area contributed by atoms with E-state index in [-0.39, 0.29) is 5.41 Å². The van der Waals surface area contributed by atoms with Gasteiger partial charge >= 0.3 is 0 Å². The Morgan fingerprint density at radius 2 is 1.08 bits per heavy atom. The van der Waals surface area contributed by atoms with Gasteiger partial charge in [-0.05, 0) is 75.4 Å². The highest BCUT2D eigenvalue weighted by molar-refractivity contribution is 5.95. The van der Waals surface area contributed by atoms with Gasteiger partial charge in [0.1, 0.15) is 0 Å². The van der Waals surface area contributed by atoms with Gasteiger partial charge in [-0.25, -0.2) is 0 Å². The zero-order valence-electron chi connectivity index (χ0n) is 23.3. The largest absolute Gasteiger partial charge is 0.489 e. The fourth-order valence-electron chi connectivity index (χ4n) is 6.18. The van der Waals surface area contributed by atoms with Crippen LogP contribution < -0.4 is 9.47 Å². The fourth-order valence-corrected chi connectivity index (χ4v) is 6.18. The summed E-state index contributed by atoms with van der Waals surface area (Å²) in [6.45, 7) is 12.5. The number of fused-ring (bicyclic) bond motifs is 10. The van der Waals surface area contributed by atoms with E-state index in [4.69, 9.17) is 9.47 Å². The molecule has 194 valence electrons. The molecule has 2 aliphatic rings. The molecule has 1 spiro atoms. The smallest absolute Gasteiger partial charge is 0.161 e. The molecule has 2 unspecified atom stereocenters. The molecule has 0 saturated heterocycles. The van der Waals surface area contributed by atoms with Crippen molar-refractivity contribution in [1.82, 2.24) is 0 Å². The number of hydrogen-bond acceptors (Lipinski definition) is 2. The van der Waals surface area contributed by atoms with Gasteiger partial charge in [0.2, 0.25) is 0 Å². The maximum atomic E-state index is 6.56. The number of benzene rings is 4. The molecule has 4 aromatic rings. The molecule has 0 N–H and O–H groups in total. The standard InChI is InChI=1S/C36H38O2/c1-6-23(3)21-37-34-19-29-28-17-16-25(5)18-32(28)36(33(29)20-35(34)38-22-24(4)7-2)30-14-10-8-12-26(30)27-13-9-11-15-31(27)36/h8-20,23-24H,6-7,21-22H2,1-5H3. The van der Waals surface area contributed by atoms with Crippen LogP contribution in [0, 0.1) is 18.8 Å². The average molecular weight is 503 g/mol. The lowest BCUT2D eigenvalue weighted by molar-refractivity contribution is 0.217. The molecule has 0 heterocycles. The first kappa shape index (κ1) is 24.8. The maximum Gasteiger partial charge on any atom is 0.161 e. The summed E-state index contributed by atoms with van der Waals surface area (Å²) in [5, 5.41) is 0. The van der Waals surface area contributed by atoms with Crippen molar-refractivity contribution < 1.29 is 9.47 Å². The molecule has 2 aliphatic carbocycles. The molecule has 4 aromatic carbocycles. The van der Waals surface area contributed by atoms with E-state index in [2.05, 4.69) is 113 Å². The lowest BCUT2D eigenvalue weighted by atomic mass is 9.70. The highest BCUT2D eigenvalue weighted by atomic mass is 16.5. The molecule has 2 nitrogen and oxygen atoms in total. The first-order chi connectivity index (χ1) is 18.5. The van der Waals surface area contributed by atoms with Crippen molar-refractivity contribution in [2.45, 2.75) is 52.9 Å². The van der Waals surface area contributed by atoms with E-state index in [1.165, 1.54) is 50.1 Å². The van der Waals surface area contributed by atoms with Crippen LogP contribution in [-0.4, -0.2) is 13.2 Å². The predicted octanol–water partition coefficient (Wildman–Crippen LogP) is 9.19. The Morgan fingerprint density at radius 3 is 1.66 bits per heavy atom. The third-order valence-corrected chi connectivity index (χ3v) is 8.75. The molecule has 0 amide bonds. The van der Waals surface area contributed by atoms with Gasteiger partial charge in [0, 0.05) is 0 Å². The average Bonchev–Trinajstić information content (AvgIpc) is 3.40. The normalized spacial score (nSPS) is 15.4. The van der Waals surface area contributed by atoms with E-state index in [1.54, 1.807) is 0 Å². The Labute approximate surface area is 227 Å². The van der Waals surface area contributed by atoms with Gasteiger partial charge < -0.3 is 9.47 Å². The molecule has 0 saturated carbocycles. The molecule has 0 fully saturated rings. The number of rotatable bonds is 8. The van der Waals surface area contributed by atoms with E-state index in [0.717, 1.165) is 24.3 Å². The van der Waals surface area contributed by atoms with Gasteiger partial charge in [-0.1, -0.05) is 113 Å². The summed E-state index contributed by atoms with van der Waals surface area (Å²) in [6, 6.07) is 29.4. The second-order valence-electron chi connectivity index (χ2n) is 11.4. The molecule has 0 aliphatic heterocycles. The summed E-state index contributed by atoms with van der Waals surface area (Å²) in [7, 11) is 0. The van der Waals surface area contributed by atoms with Crippen molar-refractivity contribution in [3.63, 3.8) is 0 Å². The third-order valence-electron chi connectivity index (χ3n) is 8.75. The molecular formula is C36H38O2. The Kier molecular flexibility index (Phi) is 6.30. The Balaban J connectivity index is 1.63. The van der Waals surface area contributed by atoms with Crippen molar-refractivity contribution >= 4 is 0 Å². The number of aryl methyl sites for hydroxylation is 1. The molecule has 6 rings (SSSR count). The van der Waals surface area contributed by atoms with Gasteiger partial charge in [0.05, 0.1) is 18.6 Å². The second kappa shape index (κ2) is 9.66. The van der Waals surface area contributed by atoms with Crippen molar-refractivity contribution in [1.29, 1.82) is 0 Å². The first-order valence-electron chi connectivity index (χ1n) is 14.2. The van der Waals surface area contributed by atoms with Crippen molar-refractivity contribution in [3.05, 3.63) is 107 Å². The Hall–Kier alpha value is -3.52. The minimum absolute atomic E-state index is 0.367. The van der Waals surface area contributed by atoms with Crippen molar-refractivity contribution in [2.75, 3.05) is 13.2 Å². The lowest BCUT2D eigenvalue weighted by Gasteiger charge is -2.31. The molecule has 0 bridgehead atoms. The van der Waals surface area contributed by atoms with Crippen LogP contribution in [0.15, 0.2) is 78.9 Å². The zero-order chi connectivity index (χ0) is 26.4. The van der Waals surface area contributed by atoms with Crippen LogP contribution in [0.3, 0.4) is 0 Å². The number of hydrogen-bond donors (Lipinski definition) is 0. The quantitative estimate of drug-likeness (QED) is 0.206. The van der Waals surface area contributed by atoms with Gasteiger partial charge in [-0.2, -0.15) is 0 Å². The Morgan fingerprint density at radius 1 is 0.579 bits per heavy atom. The highest BCUT2D eigenvalue weighted by Crippen LogP contribution is 2.63. The minimum Gasteiger partial charge on any atom is -0.489 e. The van der Waals surface area contributed by atoms with E-state index < -0.39 is 0 Å². The fraction of sp³-hybridized carbons (Fsp3) is 0.333. The topological polar surface area (TPSA) is 18.5 Å². The Bertz CT molecular complexity index is 1450. The van der Waals surface area contributed by atoms with E-state index in [0.29, 0.717) is 25.0 Å². The molecule has 2 heteroatoms. The van der Waals surface area contributed by atoms with E-state index in [9.17, 15) is 0 Å². The lowest BCUT2D eigenvalue weighted by Crippen LogP contribution is -2.26. The molecular weight excluding hydrogens is 464 g/mol. The summed E-state index contributed by atoms with van der Waals surface area (Å²) in [6.07, 6.45) is 2.18. The van der Waals surface area contributed by atoms with Crippen LogP contribution in [0.25, 0.3) is 22.3 Å². The molecule has 0 radical (unpaired) electrons. The second-order valence-corrected chi connectivity index (χ2v) is 11.4. The van der Waals surface area contributed by atoms with E-state index in [1.807, 2.05) is 0 Å². The van der Waals surface area contributed by atoms with Gasteiger partial charge in [0.15, 0.2) is 11.5 Å². The summed E-state index contributed by atoms with van der Waals surface area (Å²) < 4.78 is 13.0. The van der Waals surface area contributed by atoms with Crippen LogP contribution in [-0.2, 0) is 5.41 Å². The first-order valence-corrected chi connectivity index (χ1v) is 14.2. The van der Waals surface area contributed by atoms with Gasteiger partial charge in [0.25, 0.3) is 0 Å². The third kappa shape index (κ3) is 3.68. The van der Waals surface area contributed by atoms with Crippen LogP contribution in [0.2, 0.25) is 0 Å². The maximum absolute atomic E-state index is 6.56. The summed E-state index contributed by atoms with van der Waals surface area (Å²) in [4.78, 5) is 0. The van der Waals surface area contributed by atoms with Crippen LogP contribution in [0.4, 0.5) is 0 Å². The zero-order valence-corrected chi connectivity index (χ0v) is 23.3. The van der Waals surface area contributed by atoms with Crippen LogP contribution in [0.5, 0.6) is 11.5 Å². The SMILES string of the molecule is CCC(C)COc1cc2c(cc1OCC(C)CC)C1(c3ccccc3-c3ccccc31)c1cc(C)ccc1-2. The summed E-state index contributed by atoms with van der Waals surface area (Å²) >= 11 is 0. The summed E-state index contributed by atoms with van der Waals surface area (Å²) in [5.74, 6) is 2.68. The predicted molar refractivity (Wildman–Crippen MR) is 157 cm³/mol. The van der Waals surface area contributed by atoms with Crippen LogP contribution >= 0.6 is 0 Å². The molecule has 2 atom stereocenters. The molecule has 38 heavy (non-hydrogen) atoms. The highest BCUT2D eigenvalue weighted by Gasteiger charge is 2.52. The van der Waals surface area contributed by atoms with Crippen molar-refractivity contribution in [3.8, 4) is 33.8 Å². The van der Waals surface area contributed by atoms with E-state index >= 15 is 0 Å².